The lowest BCUT2D eigenvalue weighted by atomic mass is 10.2. The van der Waals surface area contributed by atoms with Gasteiger partial charge in [-0.2, -0.15) is 18.3 Å². The Bertz CT molecular complexity index is 870. The van der Waals surface area contributed by atoms with Gasteiger partial charge in [0.25, 0.3) is 0 Å². The van der Waals surface area contributed by atoms with Crippen molar-refractivity contribution < 1.29 is 21.6 Å². The lowest BCUT2D eigenvalue weighted by Crippen LogP contribution is -2.28. The molecule has 1 heterocycles. The van der Waals surface area contributed by atoms with Crippen molar-refractivity contribution in [3.63, 3.8) is 0 Å². The van der Waals surface area contributed by atoms with Crippen molar-refractivity contribution in [2.24, 2.45) is 0 Å². The van der Waals surface area contributed by atoms with Crippen molar-refractivity contribution in [3.05, 3.63) is 47.3 Å². The molecule has 1 saturated carbocycles. The minimum Gasteiger partial charge on any atom is -0.267 e. The number of alkyl halides is 3. The van der Waals surface area contributed by atoms with Crippen molar-refractivity contribution >= 4 is 10.0 Å². The van der Waals surface area contributed by atoms with E-state index in [2.05, 4.69) is 9.82 Å². The van der Waals surface area contributed by atoms with Gasteiger partial charge in [0.15, 0.2) is 5.69 Å². The van der Waals surface area contributed by atoms with Crippen LogP contribution in [0.5, 0.6) is 0 Å². The van der Waals surface area contributed by atoms with E-state index in [4.69, 9.17) is 0 Å². The SMILES string of the molecule is CCc1ccc(S(=O)(=O)NCCn2nc(C(F)(F)F)cc2C2CC2)cc1. The van der Waals surface area contributed by atoms with E-state index in [-0.39, 0.29) is 23.9 Å². The van der Waals surface area contributed by atoms with Gasteiger partial charge in [-0.05, 0) is 43.0 Å². The summed E-state index contributed by atoms with van der Waals surface area (Å²) in [5.41, 5.74) is 0.607. The molecule has 5 nitrogen and oxygen atoms in total. The highest BCUT2D eigenvalue weighted by atomic mass is 32.2. The molecular formula is C17H20F3N3O2S. The molecule has 1 aliphatic carbocycles. The number of halogens is 3. The molecule has 2 aromatic rings. The molecule has 1 aromatic heterocycles. The average Bonchev–Trinajstić information content (AvgIpc) is 3.33. The molecule has 0 saturated heterocycles. The fourth-order valence-electron chi connectivity index (χ4n) is 2.73. The average molecular weight is 387 g/mol. The minimum atomic E-state index is -4.50. The number of aryl methyl sites for hydroxylation is 1. The molecule has 0 amide bonds. The molecule has 9 heteroatoms. The Hall–Kier alpha value is -1.87. The first-order valence-electron chi connectivity index (χ1n) is 8.44. The van der Waals surface area contributed by atoms with Gasteiger partial charge in [0.2, 0.25) is 10.0 Å². The van der Waals surface area contributed by atoms with Crippen molar-refractivity contribution in [1.82, 2.24) is 14.5 Å². The number of aromatic nitrogens is 2. The van der Waals surface area contributed by atoms with Crippen LogP contribution < -0.4 is 4.72 Å². The highest BCUT2D eigenvalue weighted by Gasteiger charge is 2.37. The first kappa shape index (κ1) is 18.9. The van der Waals surface area contributed by atoms with Crippen LogP contribution >= 0.6 is 0 Å². The van der Waals surface area contributed by atoms with Crippen LogP contribution in [0, 0.1) is 0 Å². The maximum atomic E-state index is 12.9. The summed E-state index contributed by atoms with van der Waals surface area (Å²) >= 11 is 0. The van der Waals surface area contributed by atoms with E-state index in [0.29, 0.717) is 5.69 Å². The largest absolute Gasteiger partial charge is 0.435 e. The predicted molar refractivity (Wildman–Crippen MR) is 90.2 cm³/mol. The van der Waals surface area contributed by atoms with Crippen LogP contribution in [0.25, 0.3) is 0 Å². The normalized spacial score (nSPS) is 15.4. The van der Waals surface area contributed by atoms with Gasteiger partial charge in [0.05, 0.1) is 11.4 Å². The highest BCUT2D eigenvalue weighted by molar-refractivity contribution is 7.89. The monoisotopic (exact) mass is 387 g/mol. The lowest BCUT2D eigenvalue weighted by Gasteiger charge is -2.09. The van der Waals surface area contributed by atoms with Gasteiger partial charge in [-0.1, -0.05) is 19.1 Å². The fourth-order valence-corrected chi connectivity index (χ4v) is 3.75. The van der Waals surface area contributed by atoms with E-state index >= 15 is 0 Å². The zero-order chi connectivity index (χ0) is 18.9. The maximum Gasteiger partial charge on any atom is 0.435 e. The van der Waals surface area contributed by atoms with Crippen LogP contribution in [0.15, 0.2) is 35.2 Å². The molecule has 1 aromatic carbocycles. The van der Waals surface area contributed by atoms with E-state index in [1.807, 2.05) is 6.92 Å². The maximum absolute atomic E-state index is 12.9. The van der Waals surface area contributed by atoms with Crippen molar-refractivity contribution in [2.75, 3.05) is 6.54 Å². The summed E-state index contributed by atoms with van der Waals surface area (Å²) in [6.45, 7) is 1.99. The summed E-state index contributed by atoms with van der Waals surface area (Å²) in [6.07, 6.45) is -2.04. The Balaban J connectivity index is 1.68. The summed E-state index contributed by atoms with van der Waals surface area (Å²) in [7, 11) is -3.71. The first-order chi connectivity index (χ1) is 12.2. The van der Waals surface area contributed by atoms with E-state index in [1.54, 1.807) is 12.1 Å². The zero-order valence-corrected chi connectivity index (χ0v) is 15.1. The van der Waals surface area contributed by atoms with E-state index < -0.39 is 21.9 Å². The Morgan fingerprint density at radius 3 is 2.42 bits per heavy atom. The number of nitrogens with zero attached hydrogens (tertiary/aromatic N) is 2. The van der Waals surface area contributed by atoms with E-state index in [0.717, 1.165) is 30.9 Å². The Morgan fingerprint density at radius 2 is 1.88 bits per heavy atom. The van der Waals surface area contributed by atoms with E-state index in [9.17, 15) is 21.6 Å². The third-order valence-electron chi connectivity index (χ3n) is 4.35. The van der Waals surface area contributed by atoms with Gasteiger partial charge >= 0.3 is 6.18 Å². The molecule has 1 N–H and O–H groups in total. The quantitative estimate of drug-likeness (QED) is 0.793. The molecule has 3 rings (SSSR count). The van der Waals surface area contributed by atoms with Gasteiger partial charge in [-0.25, -0.2) is 13.1 Å². The Labute approximate surface area is 150 Å². The number of hydrogen-bond donors (Lipinski definition) is 1. The topological polar surface area (TPSA) is 64.0 Å². The number of nitrogens with one attached hydrogen (secondary N) is 1. The van der Waals surface area contributed by atoms with E-state index in [1.165, 1.54) is 16.8 Å². The van der Waals surface area contributed by atoms with Crippen LogP contribution in [0.3, 0.4) is 0 Å². The molecular weight excluding hydrogens is 367 g/mol. The minimum absolute atomic E-state index is 0.0312. The standard InChI is InChI=1S/C17H20F3N3O2S/c1-2-12-3-7-14(8-4-12)26(24,25)21-9-10-23-15(13-5-6-13)11-16(22-23)17(18,19)20/h3-4,7-8,11,13,21H,2,5-6,9-10H2,1H3. The highest BCUT2D eigenvalue weighted by Crippen LogP contribution is 2.42. The molecule has 0 radical (unpaired) electrons. The molecule has 0 atom stereocenters. The number of benzene rings is 1. The van der Waals surface area contributed by atoms with Crippen molar-refractivity contribution in [2.45, 2.75) is 49.7 Å². The summed E-state index contributed by atoms with van der Waals surface area (Å²) < 4.78 is 66.9. The number of rotatable bonds is 7. The Morgan fingerprint density at radius 1 is 1.23 bits per heavy atom. The van der Waals surface area contributed by atoms with Gasteiger partial charge in [0, 0.05) is 18.2 Å². The molecule has 1 aliphatic rings. The number of hydrogen-bond acceptors (Lipinski definition) is 3. The second-order valence-electron chi connectivity index (χ2n) is 6.34. The van der Waals surface area contributed by atoms with Crippen molar-refractivity contribution in [1.29, 1.82) is 0 Å². The summed E-state index contributed by atoms with van der Waals surface area (Å²) in [5.74, 6) is 0.0804. The second-order valence-corrected chi connectivity index (χ2v) is 8.11. The molecule has 1 fully saturated rings. The molecule has 0 aliphatic heterocycles. The third-order valence-corrected chi connectivity index (χ3v) is 5.83. The van der Waals surface area contributed by atoms with Gasteiger partial charge < -0.3 is 0 Å². The van der Waals surface area contributed by atoms with Gasteiger partial charge in [-0.3, -0.25) is 4.68 Å². The molecule has 142 valence electrons. The summed E-state index contributed by atoms with van der Waals surface area (Å²) in [6, 6.07) is 7.58. The second kappa shape index (κ2) is 7.03. The van der Waals surface area contributed by atoms with Crippen LogP contribution in [-0.2, 0) is 29.2 Å². The lowest BCUT2D eigenvalue weighted by molar-refractivity contribution is -0.141. The van der Waals surface area contributed by atoms with Crippen molar-refractivity contribution in [3.8, 4) is 0 Å². The smallest absolute Gasteiger partial charge is 0.267 e. The van der Waals surface area contributed by atoms with Crippen LogP contribution in [0.4, 0.5) is 13.2 Å². The van der Waals surface area contributed by atoms with Gasteiger partial charge in [0.1, 0.15) is 0 Å². The van der Waals surface area contributed by atoms with Gasteiger partial charge in [-0.15, -0.1) is 0 Å². The third kappa shape index (κ3) is 4.27. The molecule has 0 bridgehead atoms. The predicted octanol–water partition coefficient (Wildman–Crippen LogP) is 3.32. The van der Waals surface area contributed by atoms with Crippen LogP contribution in [0.2, 0.25) is 0 Å². The summed E-state index contributed by atoms with van der Waals surface area (Å²) in [5, 5.41) is 3.61. The first-order valence-corrected chi connectivity index (χ1v) is 9.92. The molecule has 0 spiro atoms. The zero-order valence-electron chi connectivity index (χ0n) is 14.3. The Kier molecular flexibility index (Phi) is 5.12. The van der Waals surface area contributed by atoms with Crippen LogP contribution in [0.1, 0.15) is 42.6 Å². The molecule has 0 unspecified atom stereocenters. The summed E-state index contributed by atoms with van der Waals surface area (Å²) in [4.78, 5) is 0.133. The molecule has 26 heavy (non-hydrogen) atoms. The fraction of sp³-hybridized carbons (Fsp3) is 0.471. The number of sulfonamides is 1. The van der Waals surface area contributed by atoms with Crippen LogP contribution in [-0.4, -0.2) is 24.7 Å².